The van der Waals surface area contributed by atoms with Gasteiger partial charge in [0.2, 0.25) is 0 Å². The van der Waals surface area contributed by atoms with Crippen LogP contribution in [0.15, 0.2) is 18.2 Å². The van der Waals surface area contributed by atoms with Crippen molar-refractivity contribution < 1.29 is 4.74 Å². The number of nitrogens with one attached hydrogen (secondary N) is 1. The van der Waals surface area contributed by atoms with Crippen LogP contribution < -0.4 is 10.1 Å². The van der Waals surface area contributed by atoms with Gasteiger partial charge in [0.25, 0.3) is 0 Å². The summed E-state index contributed by atoms with van der Waals surface area (Å²) < 4.78 is 5.77. The molecule has 20 heavy (non-hydrogen) atoms. The van der Waals surface area contributed by atoms with Crippen molar-refractivity contribution in [2.24, 2.45) is 0 Å². The lowest BCUT2D eigenvalue weighted by Gasteiger charge is -2.27. The number of aryl methyl sites for hydroxylation is 1. The monoisotopic (exact) mass is 271 g/mol. The third-order valence-corrected chi connectivity index (χ3v) is 3.80. The van der Waals surface area contributed by atoms with Crippen LogP contribution in [-0.4, -0.2) is 13.2 Å². The van der Waals surface area contributed by atoms with E-state index in [1.165, 1.54) is 36.8 Å². The van der Waals surface area contributed by atoms with Gasteiger partial charge in [-0.05, 0) is 61.9 Å². The highest BCUT2D eigenvalue weighted by atomic mass is 16.5. The second-order valence-corrected chi connectivity index (χ2v) is 5.42. The zero-order chi connectivity index (χ0) is 14.2. The number of benzene rings is 1. The smallest absolute Gasteiger partial charge is 0.119 e. The van der Waals surface area contributed by atoms with Crippen molar-refractivity contribution in [1.29, 1.82) is 0 Å². The standard InChI is InChI=1S/C18H25NO/c1-3-5-6-13-20-16-10-11-17-15(14-16)8-7-9-18(17)19-12-4-2/h1,10-11,14,18-19H,4-9,12-13H2,2H3. The van der Waals surface area contributed by atoms with Crippen LogP contribution in [0.2, 0.25) is 0 Å². The summed E-state index contributed by atoms with van der Waals surface area (Å²) in [6, 6.07) is 7.07. The SMILES string of the molecule is C#CCCCOc1ccc2c(c1)CCCC2NCCC. The van der Waals surface area contributed by atoms with Crippen molar-refractivity contribution in [3.05, 3.63) is 29.3 Å². The Balaban J connectivity index is 1.98. The summed E-state index contributed by atoms with van der Waals surface area (Å²) in [6.07, 6.45) is 11.8. The molecule has 1 unspecified atom stereocenters. The first kappa shape index (κ1) is 14.9. The van der Waals surface area contributed by atoms with Gasteiger partial charge in [0, 0.05) is 12.5 Å². The fourth-order valence-corrected chi connectivity index (χ4v) is 2.78. The molecule has 1 aromatic carbocycles. The van der Waals surface area contributed by atoms with E-state index >= 15 is 0 Å². The molecule has 0 aliphatic heterocycles. The Morgan fingerprint density at radius 3 is 3.15 bits per heavy atom. The molecule has 1 aliphatic carbocycles. The second kappa shape index (κ2) is 7.97. The molecule has 1 atom stereocenters. The Morgan fingerprint density at radius 2 is 2.35 bits per heavy atom. The highest BCUT2D eigenvalue weighted by molar-refractivity contribution is 5.39. The van der Waals surface area contributed by atoms with Crippen molar-refractivity contribution in [1.82, 2.24) is 5.32 Å². The van der Waals surface area contributed by atoms with Crippen LogP contribution in [0.5, 0.6) is 5.75 Å². The molecule has 1 aromatic rings. The van der Waals surface area contributed by atoms with Gasteiger partial charge in [0.05, 0.1) is 6.61 Å². The Bertz CT molecular complexity index is 461. The number of hydrogen-bond donors (Lipinski definition) is 1. The largest absolute Gasteiger partial charge is 0.494 e. The van der Waals surface area contributed by atoms with E-state index in [1.54, 1.807) is 0 Å². The Hall–Kier alpha value is -1.46. The fraction of sp³-hybridized carbons (Fsp3) is 0.556. The van der Waals surface area contributed by atoms with Crippen LogP contribution >= 0.6 is 0 Å². The minimum atomic E-state index is 0.522. The van der Waals surface area contributed by atoms with E-state index in [4.69, 9.17) is 11.2 Å². The van der Waals surface area contributed by atoms with Crippen LogP contribution in [0.4, 0.5) is 0 Å². The molecule has 0 saturated heterocycles. The molecule has 0 amide bonds. The van der Waals surface area contributed by atoms with Gasteiger partial charge in [-0.25, -0.2) is 0 Å². The lowest BCUT2D eigenvalue weighted by atomic mass is 9.87. The molecule has 0 bridgehead atoms. The number of fused-ring (bicyclic) bond motifs is 1. The Morgan fingerprint density at radius 1 is 1.45 bits per heavy atom. The summed E-state index contributed by atoms with van der Waals surface area (Å²) in [5.74, 6) is 3.62. The predicted octanol–water partition coefficient (Wildman–Crippen LogP) is 3.86. The lowest BCUT2D eigenvalue weighted by molar-refractivity contribution is 0.312. The van der Waals surface area contributed by atoms with E-state index in [0.29, 0.717) is 12.6 Å². The summed E-state index contributed by atoms with van der Waals surface area (Å²) in [4.78, 5) is 0. The minimum Gasteiger partial charge on any atom is -0.494 e. The van der Waals surface area contributed by atoms with Crippen LogP contribution in [0.25, 0.3) is 0 Å². The number of unbranched alkanes of at least 4 members (excludes halogenated alkanes) is 1. The molecule has 0 saturated carbocycles. The van der Waals surface area contributed by atoms with Crippen LogP contribution in [0, 0.1) is 12.3 Å². The Labute approximate surface area is 122 Å². The number of ether oxygens (including phenoxy) is 1. The average molecular weight is 271 g/mol. The molecule has 0 fully saturated rings. The fourth-order valence-electron chi connectivity index (χ4n) is 2.78. The zero-order valence-corrected chi connectivity index (χ0v) is 12.5. The van der Waals surface area contributed by atoms with E-state index in [2.05, 4.69) is 36.4 Å². The number of terminal acetylenes is 1. The molecule has 1 N–H and O–H groups in total. The molecule has 0 aromatic heterocycles. The molecule has 1 aliphatic rings. The van der Waals surface area contributed by atoms with Crippen LogP contribution in [-0.2, 0) is 6.42 Å². The maximum atomic E-state index is 5.77. The van der Waals surface area contributed by atoms with Gasteiger partial charge in [-0.1, -0.05) is 13.0 Å². The maximum Gasteiger partial charge on any atom is 0.119 e. The average Bonchev–Trinajstić information content (AvgIpc) is 2.49. The number of hydrogen-bond acceptors (Lipinski definition) is 2. The van der Waals surface area contributed by atoms with Gasteiger partial charge in [-0.3, -0.25) is 0 Å². The van der Waals surface area contributed by atoms with Crippen molar-refractivity contribution in [3.8, 4) is 18.1 Å². The molecule has 2 heteroatoms. The normalized spacial score (nSPS) is 17.3. The molecule has 2 rings (SSSR count). The summed E-state index contributed by atoms with van der Waals surface area (Å²) in [5, 5.41) is 3.64. The van der Waals surface area contributed by atoms with E-state index in [-0.39, 0.29) is 0 Å². The van der Waals surface area contributed by atoms with Gasteiger partial charge in [-0.15, -0.1) is 12.3 Å². The summed E-state index contributed by atoms with van der Waals surface area (Å²) in [7, 11) is 0. The summed E-state index contributed by atoms with van der Waals surface area (Å²) in [6.45, 7) is 4.01. The van der Waals surface area contributed by atoms with E-state index < -0.39 is 0 Å². The molecular formula is C18H25NO. The van der Waals surface area contributed by atoms with E-state index in [1.807, 2.05) is 0 Å². The summed E-state index contributed by atoms with van der Waals surface area (Å²) in [5.41, 5.74) is 2.90. The van der Waals surface area contributed by atoms with Crippen LogP contribution in [0.1, 0.15) is 56.2 Å². The molecule has 108 valence electrons. The maximum absolute atomic E-state index is 5.77. The van der Waals surface area contributed by atoms with E-state index in [0.717, 1.165) is 25.1 Å². The highest BCUT2D eigenvalue weighted by Gasteiger charge is 2.19. The van der Waals surface area contributed by atoms with Crippen molar-refractivity contribution in [2.45, 2.75) is 51.5 Å². The van der Waals surface area contributed by atoms with Gasteiger partial charge in [0.15, 0.2) is 0 Å². The molecule has 0 heterocycles. The molecule has 0 spiro atoms. The third-order valence-electron chi connectivity index (χ3n) is 3.80. The van der Waals surface area contributed by atoms with Gasteiger partial charge in [-0.2, -0.15) is 0 Å². The van der Waals surface area contributed by atoms with Crippen molar-refractivity contribution in [3.63, 3.8) is 0 Å². The number of rotatable bonds is 7. The molecular weight excluding hydrogens is 246 g/mol. The zero-order valence-electron chi connectivity index (χ0n) is 12.5. The van der Waals surface area contributed by atoms with Gasteiger partial charge < -0.3 is 10.1 Å². The topological polar surface area (TPSA) is 21.3 Å². The van der Waals surface area contributed by atoms with Crippen molar-refractivity contribution in [2.75, 3.05) is 13.2 Å². The first-order chi connectivity index (χ1) is 9.85. The van der Waals surface area contributed by atoms with E-state index in [9.17, 15) is 0 Å². The van der Waals surface area contributed by atoms with Crippen LogP contribution in [0.3, 0.4) is 0 Å². The summed E-state index contributed by atoms with van der Waals surface area (Å²) >= 11 is 0. The first-order valence-corrected chi connectivity index (χ1v) is 7.77. The second-order valence-electron chi connectivity index (χ2n) is 5.42. The third kappa shape index (κ3) is 4.02. The molecule has 2 nitrogen and oxygen atoms in total. The minimum absolute atomic E-state index is 0.522. The van der Waals surface area contributed by atoms with Gasteiger partial charge in [0.1, 0.15) is 5.75 Å². The quantitative estimate of drug-likeness (QED) is 0.600. The van der Waals surface area contributed by atoms with Crippen molar-refractivity contribution >= 4 is 0 Å². The Kier molecular flexibility index (Phi) is 5.95. The lowest BCUT2D eigenvalue weighted by Crippen LogP contribution is -2.25. The molecule has 0 radical (unpaired) electrons. The van der Waals surface area contributed by atoms with Gasteiger partial charge >= 0.3 is 0 Å². The predicted molar refractivity (Wildman–Crippen MR) is 84.0 cm³/mol. The first-order valence-electron chi connectivity index (χ1n) is 7.77. The highest BCUT2D eigenvalue weighted by Crippen LogP contribution is 2.32.